The molecule has 0 radical (unpaired) electrons. The number of nitrogens with one attached hydrogen (secondary N) is 1. The molecule has 24 heavy (non-hydrogen) atoms. The van der Waals surface area contributed by atoms with Crippen LogP contribution in [-0.2, 0) is 13.2 Å². The second-order valence-electron chi connectivity index (χ2n) is 5.93. The van der Waals surface area contributed by atoms with Crippen LogP contribution >= 0.6 is 11.8 Å². The van der Waals surface area contributed by atoms with Gasteiger partial charge in [0, 0.05) is 22.9 Å². The van der Waals surface area contributed by atoms with Gasteiger partial charge in [0.2, 0.25) is 0 Å². The van der Waals surface area contributed by atoms with Crippen LogP contribution in [0.3, 0.4) is 0 Å². The molecule has 1 aromatic heterocycles. The zero-order chi connectivity index (χ0) is 17.9. The van der Waals surface area contributed by atoms with Crippen LogP contribution in [0.4, 0.5) is 0 Å². The summed E-state index contributed by atoms with van der Waals surface area (Å²) >= 11 is 1.68. The lowest BCUT2D eigenvalue weighted by Crippen LogP contribution is -2.32. The van der Waals surface area contributed by atoms with E-state index in [0.29, 0.717) is 13.1 Å². The molecule has 0 aliphatic rings. The summed E-state index contributed by atoms with van der Waals surface area (Å²) in [5, 5.41) is 9.50. The summed E-state index contributed by atoms with van der Waals surface area (Å²) in [5.41, 5.74) is 8.10. The number of aryl methyl sites for hydroxylation is 2. The number of benzene rings is 1. The van der Waals surface area contributed by atoms with Crippen molar-refractivity contribution in [2.24, 2.45) is 5.73 Å². The van der Waals surface area contributed by atoms with Gasteiger partial charge in [0.1, 0.15) is 0 Å². The van der Waals surface area contributed by atoms with Gasteiger partial charge >= 0.3 is 5.69 Å². The van der Waals surface area contributed by atoms with Gasteiger partial charge in [0.25, 0.3) is 5.56 Å². The van der Waals surface area contributed by atoms with Gasteiger partial charge in [-0.1, -0.05) is 24.6 Å². The number of thioether (sulfide) groups is 1. The third-order valence-corrected chi connectivity index (χ3v) is 5.16. The maximum Gasteiger partial charge on any atom is 0.328 e. The normalized spacial score (nSPS) is 12.4. The Bertz CT molecular complexity index is 842. The molecular formula is C17H23N3O3S. The molecule has 1 aromatic carbocycles. The van der Waals surface area contributed by atoms with Crippen molar-refractivity contribution in [3.05, 3.63) is 61.4 Å². The van der Waals surface area contributed by atoms with Gasteiger partial charge in [0.05, 0.1) is 18.7 Å². The Morgan fingerprint density at radius 2 is 2.00 bits per heavy atom. The van der Waals surface area contributed by atoms with Gasteiger partial charge in [-0.3, -0.25) is 14.3 Å². The third-order valence-electron chi connectivity index (χ3n) is 3.74. The molecule has 0 saturated carbocycles. The molecule has 0 fully saturated rings. The smallest absolute Gasteiger partial charge is 0.328 e. The van der Waals surface area contributed by atoms with Gasteiger partial charge in [-0.2, -0.15) is 0 Å². The van der Waals surface area contributed by atoms with Crippen LogP contribution in [0.1, 0.15) is 29.2 Å². The Kier molecular flexibility index (Phi) is 6.04. The summed E-state index contributed by atoms with van der Waals surface area (Å²) in [6.45, 7) is 6.58. The molecule has 2 aromatic rings. The van der Waals surface area contributed by atoms with Crippen LogP contribution in [0.2, 0.25) is 0 Å². The molecule has 0 amide bonds. The molecule has 4 N–H and O–H groups in total. The molecule has 7 heteroatoms. The van der Waals surface area contributed by atoms with Crippen LogP contribution in [-0.4, -0.2) is 26.5 Å². The van der Waals surface area contributed by atoms with Crippen LogP contribution in [0, 0.1) is 13.8 Å². The maximum atomic E-state index is 12.1. The number of aliphatic hydroxyl groups excluding tert-OH is 1. The van der Waals surface area contributed by atoms with Crippen LogP contribution < -0.4 is 17.0 Å². The van der Waals surface area contributed by atoms with E-state index in [1.165, 1.54) is 10.8 Å². The molecule has 130 valence electrons. The van der Waals surface area contributed by atoms with Crippen molar-refractivity contribution in [1.82, 2.24) is 9.55 Å². The standard InChI is InChI=1S/C17H23N3O3S/c1-10-4-11(2)15(24-12(3)6-18)13(5-10)7-20-8-14(9-21)16(22)19-17(20)23/h4-5,8,12,21H,6-7,9,18H2,1-3H3,(H,19,22,23). The highest BCUT2D eigenvalue weighted by molar-refractivity contribution is 8.00. The number of rotatable bonds is 6. The van der Waals surface area contributed by atoms with Crippen molar-refractivity contribution in [3.63, 3.8) is 0 Å². The quantitative estimate of drug-likeness (QED) is 0.679. The minimum absolute atomic E-state index is 0.170. The highest BCUT2D eigenvalue weighted by Gasteiger charge is 2.13. The number of nitrogens with two attached hydrogens (primary N) is 1. The number of aromatic nitrogens is 2. The van der Waals surface area contributed by atoms with Crippen molar-refractivity contribution < 1.29 is 5.11 Å². The number of aromatic amines is 1. The summed E-state index contributed by atoms with van der Waals surface area (Å²) in [6.07, 6.45) is 1.42. The van der Waals surface area contributed by atoms with Gasteiger partial charge in [0.15, 0.2) is 0 Å². The molecule has 0 spiro atoms. The molecule has 0 aliphatic carbocycles. The number of H-pyrrole nitrogens is 1. The van der Waals surface area contributed by atoms with Crippen molar-refractivity contribution in [2.45, 2.75) is 44.1 Å². The van der Waals surface area contributed by atoms with Crippen LogP contribution in [0.25, 0.3) is 0 Å². The highest BCUT2D eigenvalue weighted by Crippen LogP contribution is 2.31. The predicted molar refractivity (Wildman–Crippen MR) is 96.6 cm³/mol. The van der Waals surface area contributed by atoms with E-state index in [4.69, 9.17) is 5.73 Å². The fourth-order valence-electron chi connectivity index (χ4n) is 2.55. The fourth-order valence-corrected chi connectivity index (χ4v) is 3.56. The highest BCUT2D eigenvalue weighted by atomic mass is 32.2. The summed E-state index contributed by atoms with van der Waals surface area (Å²) in [4.78, 5) is 27.0. The first-order valence-electron chi connectivity index (χ1n) is 7.76. The third kappa shape index (κ3) is 4.17. The lowest BCUT2D eigenvalue weighted by atomic mass is 10.1. The number of aliphatic hydroxyl groups is 1. The molecule has 0 aliphatic heterocycles. The fraction of sp³-hybridized carbons (Fsp3) is 0.412. The van der Waals surface area contributed by atoms with E-state index in [0.717, 1.165) is 21.6 Å². The first kappa shape index (κ1) is 18.5. The van der Waals surface area contributed by atoms with E-state index in [-0.39, 0.29) is 10.8 Å². The molecule has 0 saturated heterocycles. The summed E-state index contributed by atoms with van der Waals surface area (Å²) in [7, 11) is 0. The van der Waals surface area contributed by atoms with E-state index in [1.807, 2.05) is 19.9 Å². The van der Waals surface area contributed by atoms with E-state index in [2.05, 4.69) is 18.0 Å². The van der Waals surface area contributed by atoms with Gasteiger partial charge < -0.3 is 10.8 Å². The van der Waals surface area contributed by atoms with Crippen molar-refractivity contribution in [1.29, 1.82) is 0 Å². The average molecular weight is 349 g/mol. The number of nitrogens with zero attached hydrogens (tertiary/aromatic N) is 1. The van der Waals surface area contributed by atoms with Crippen molar-refractivity contribution in [2.75, 3.05) is 6.54 Å². The first-order valence-corrected chi connectivity index (χ1v) is 8.64. The molecule has 1 unspecified atom stereocenters. The van der Waals surface area contributed by atoms with Gasteiger partial charge in [-0.05, 0) is 25.0 Å². The topological polar surface area (TPSA) is 101 Å². The summed E-state index contributed by atoms with van der Waals surface area (Å²) in [5.74, 6) is 0. The second-order valence-corrected chi connectivity index (χ2v) is 7.38. The van der Waals surface area contributed by atoms with E-state index < -0.39 is 17.9 Å². The lowest BCUT2D eigenvalue weighted by molar-refractivity contribution is 0.278. The van der Waals surface area contributed by atoms with Gasteiger partial charge in [-0.15, -0.1) is 11.8 Å². The Labute approximate surface area is 144 Å². The van der Waals surface area contributed by atoms with E-state index >= 15 is 0 Å². The molecule has 1 atom stereocenters. The minimum atomic E-state index is -0.550. The van der Waals surface area contributed by atoms with Crippen molar-refractivity contribution >= 4 is 11.8 Å². The zero-order valence-electron chi connectivity index (χ0n) is 14.1. The lowest BCUT2D eigenvalue weighted by Gasteiger charge is -2.17. The van der Waals surface area contributed by atoms with Crippen LogP contribution in [0.15, 0.2) is 32.8 Å². The zero-order valence-corrected chi connectivity index (χ0v) is 14.9. The number of hydrogen-bond acceptors (Lipinski definition) is 5. The Balaban J connectivity index is 2.49. The number of hydrogen-bond donors (Lipinski definition) is 3. The molecule has 2 rings (SSSR count). The predicted octanol–water partition coefficient (Wildman–Crippen LogP) is 1.13. The molecular weight excluding hydrogens is 326 g/mol. The minimum Gasteiger partial charge on any atom is -0.391 e. The maximum absolute atomic E-state index is 12.1. The van der Waals surface area contributed by atoms with Crippen LogP contribution in [0.5, 0.6) is 0 Å². The Hall–Kier alpha value is -1.83. The average Bonchev–Trinajstić information content (AvgIpc) is 2.52. The van der Waals surface area contributed by atoms with E-state index in [1.54, 1.807) is 11.8 Å². The second kappa shape index (κ2) is 7.83. The monoisotopic (exact) mass is 349 g/mol. The SMILES string of the molecule is Cc1cc(C)c(SC(C)CN)c(Cn2cc(CO)c(=O)[nH]c2=O)c1. The molecule has 1 heterocycles. The summed E-state index contributed by atoms with van der Waals surface area (Å²) < 4.78 is 1.42. The Morgan fingerprint density at radius 3 is 2.62 bits per heavy atom. The van der Waals surface area contributed by atoms with Crippen molar-refractivity contribution in [3.8, 4) is 0 Å². The molecule has 6 nitrogen and oxygen atoms in total. The first-order chi connectivity index (χ1) is 11.3. The molecule has 0 bridgehead atoms. The largest absolute Gasteiger partial charge is 0.391 e. The van der Waals surface area contributed by atoms with Gasteiger partial charge in [-0.25, -0.2) is 4.79 Å². The summed E-state index contributed by atoms with van der Waals surface area (Å²) in [6, 6.07) is 4.14. The van der Waals surface area contributed by atoms with E-state index in [9.17, 15) is 14.7 Å². The Morgan fingerprint density at radius 1 is 1.29 bits per heavy atom.